The number of rotatable bonds is 5. The minimum absolute atomic E-state index is 0.479. The van der Waals surface area contributed by atoms with E-state index in [2.05, 4.69) is 5.10 Å². The van der Waals surface area contributed by atoms with Crippen LogP contribution in [-0.4, -0.2) is 22.9 Å². The number of halogens is 1. The Morgan fingerprint density at radius 3 is 2.56 bits per heavy atom. The summed E-state index contributed by atoms with van der Waals surface area (Å²) in [5.41, 5.74) is 2.12. The number of methoxy groups -OCH3 is 1. The predicted molar refractivity (Wildman–Crippen MR) is 95.5 cm³/mol. The first-order valence-corrected chi connectivity index (χ1v) is 8.05. The number of nitrogens with zero attached hydrogens (tertiary/aromatic N) is 2. The lowest BCUT2D eigenvalue weighted by atomic mass is 10.1. The quantitative estimate of drug-likeness (QED) is 0.647. The molecule has 5 nitrogen and oxygen atoms in total. The molecular formula is C19H17ClN2O3. The minimum Gasteiger partial charge on any atom is -0.473 e. The van der Waals surface area contributed by atoms with Gasteiger partial charge >= 0.3 is 5.97 Å². The molecule has 0 amide bonds. The van der Waals surface area contributed by atoms with Crippen molar-refractivity contribution in [2.75, 3.05) is 7.11 Å². The van der Waals surface area contributed by atoms with Gasteiger partial charge in [-0.1, -0.05) is 41.9 Å². The molecule has 0 fully saturated rings. The Bertz CT molecular complexity index is 877. The van der Waals surface area contributed by atoms with Gasteiger partial charge in [-0.25, -0.2) is 4.79 Å². The Morgan fingerprint density at radius 2 is 1.92 bits per heavy atom. The van der Waals surface area contributed by atoms with Crippen molar-refractivity contribution in [1.29, 1.82) is 0 Å². The zero-order valence-electron chi connectivity index (χ0n) is 13.8. The van der Waals surface area contributed by atoms with Crippen molar-refractivity contribution in [3.05, 3.63) is 71.4 Å². The average Bonchev–Trinajstić information content (AvgIpc) is 3.07. The number of aromatic nitrogens is 2. The molecule has 0 radical (unpaired) electrons. The van der Waals surface area contributed by atoms with E-state index in [1.165, 1.54) is 7.11 Å². The number of hydrogen-bond donors (Lipinski definition) is 0. The third-order valence-corrected chi connectivity index (χ3v) is 3.93. The van der Waals surface area contributed by atoms with Crippen LogP contribution >= 0.6 is 11.6 Å². The summed E-state index contributed by atoms with van der Waals surface area (Å²) >= 11 is 6.14. The van der Waals surface area contributed by atoms with Crippen molar-refractivity contribution in [3.8, 4) is 17.0 Å². The average molecular weight is 357 g/mol. The summed E-state index contributed by atoms with van der Waals surface area (Å²) in [6.07, 6.45) is 0.949. The molecule has 1 heterocycles. The molecule has 0 aliphatic heterocycles. The molecular weight excluding hydrogens is 340 g/mol. The highest BCUT2D eigenvalue weighted by Gasteiger charge is 2.25. The Morgan fingerprint density at radius 1 is 1.16 bits per heavy atom. The van der Waals surface area contributed by atoms with Gasteiger partial charge in [-0.15, -0.1) is 0 Å². The summed E-state index contributed by atoms with van der Waals surface area (Å²) in [5.74, 6) is 0.0236. The predicted octanol–water partition coefficient (Wildman–Crippen LogP) is 4.03. The number of benzene rings is 2. The fourth-order valence-electron chi connectivity index (χ4n) is 2.48. The number of carbonyl (C=O) groups is 1. The Hall–Kier alpha value is -2.79. The molecule has 0 N–H and O–H groups in total. The molecule has 0 bridgehead atoms. The van der Waals surface area contributed by atoms with Gasteiger partial charge in [-0.3, -0.25) is 4.68 Å². The van der Waals surface area contributed by atoms with Gasteiger partial charge in [0.25, 0.3) is 0 Å². The van der Waals surface area contributed by atoms with Gasteiger partial charge < -0.3 is 9.47 Å². The van der Waals surface area contributed by atoms with Crippen LogP contribution in [-0.2, 0) is 16.6 Å². The second-order valence-corrected chi connectivity index (χ2v) is 5.88. The van der Waals surface area contributed by atoms with E-state index in [1.54, 1.807) is 22.9 Å². The van der Waals surface area contributed by atoms with E-state index in [-0.39, 0.29) is 0 Å². The fraction of sp³-hybridized carbons (Fsp3) is 0.158. The van der Waals surface area contributed by atoms with E-state index < -0.39 is 12.1 Å². The normalized spacial score (nSPS) is 11.8. The Kier molecular flexibility index (Phi) is 5.05. The molecule has 6 heteroatoms. The van der Waals surface area contributed by atoms with Crippen LogP contribution in [0.1, 0.15) is 11.7 Å². The maximum atomic E-state index is 12.2. The summed E-state index contributed by atoms with van der Waals surface area (Å²) in [5, 5.41) is 4.95. The third-order valence-electron chi connectivity index (χ3n) is 3.69. The number of ether oxygens (including phenoxy) is 2. The maximum Gasteiger partial charge on any atom is 0.351 e. The highest BCUT2D eigenvalue weighted by atomic mass is 35.5. The lowest BCUT2D eigenvalue weighted by Crippen LogP contribution is -2.20. The van der Waals surface area contributed by atoms with E-state index in [9.17, 15) is 4.79 Å². The van der Waals surface area contributed by atoms with Gasteiger partial charge in [0, 0.05) is 29.4 Å². The molecule has 128 valence electrons. The standard InChI is InChI=1S/C19H17ClN2O3/c1-22-11-10-16(21-22)15-12-14(20)8-9-17(15)25-18(19(23)24-2)13-6-4-3-5-7-13/h3-12,18H,1-2H3. The molecule has 0 saturated carbocycles. The van der Waals surface area contributed by atoms with E-state index in [0.717, 1.165) is 0 Å². The summed E-state index contributed by atoms with van der Waals surface area (Å²) in [6.45, 7) is 0. The van der Waals surface area contributed by atoms with Crippen molar-refractivity contribution in [1.82, 2.24) is 9.78 Å². The summed E-state index contributed by atoms with van der Waals surface area (Å²) < 4.78 is 12.6. The van der Waals surface area contributed by atoms with E-state index in [1.807, 2.05) is 49.6 Å². The topological polar surface area (TPSA) is 53.4 Å². The zero-order chi connectivity index (χ0) is 17.8. The molecule has 0 spiro atoms. The fourth-order valence-corrected chi connectivity index (χ4v) is 2.65. The van der Waals surface area contributed by atoms with E-state index in [4.69, 9.17) is 21.1 Å². The van der Waals surface area contributed by atoms with Crippen molar-refractivity contribution < 1.29 is 14.3 Å². The lowest BCUT2D eigenvalue weighted by molar-refractivity contribution is -0.149. The SMILES string of the molecule is COC(=O)C(Oc1ccc(Cl)cc1-c1ccn(C)n1)c1ccccc1. The van der Waals surface area contributed by atoms with Gasteiger partial charge in [0.1, 0.15) is 5.75 Å². The van der Waals surface area contributed by atoms with Gasteiger partial charge in [0.15, 0.2) is 0 Å². The van der Waals surface area contributed by atoms with E-state index >= 15 is 0 Å². The summed E-state index contributed by atoms with van der Waals surface area (Å²) in [7, 11) is 3.17. The van der Waals surface area contributed by atoms with Crippen molar-refractivity contribution in [3.63, 3.8) is 0 Å². The Balaban J connectivity index is 2.02. The lowest BCUT2D eigenvalue weighted by Gasteiger charge is -2.19. The molecule has 2 aromatic carbocycles. The molecule has 0 aliphatic rings. The second-order valence-electron chi connectivity index (χ2n) is 5.45. The van der Waals surface area contributed by atoms with E-state index in [0.29, 0.717) is 27.6 Å². The number of hydrogen-bond acceptors (Lipinski definition) is 4. The molecule has 1 atom stereocenters. The molecule has 0 saturated heterocycles. The van der Waals surface area contributed by atoms with Crippen LogP contribution in [0, 0.1) is 0 Å². The molecule has 0 aliphatic carbocycles. The largest absolute Gasteiger partial charge is 0.473 e. The molecule has 3 rings (SSSR count). The first-order valence-electron chi connectivity index (χ1n) is 7.67. The van der Waals surface area contributed by atoms with Crippen molar-refractivity contribution in [2.24, 2.45) is 7.05 Å². The van der Waals surface area contributed by atoms with Crippen LogP contribution in [0.2, 0.25) is 5.02 Å². The van der Waals surface area contributed by atoms with Crippen molar-refractivity contribution in [2.45, 2.75) is 6.10 Å². The minimum atomic E-state index is -0.880. The van der Waals surface area contributed by atoms with Gasteiger partial charge in [0.05, 0.1) is 12.8 Å². The van der Waals surface area contributed by atoms with Crippen LogP contribution in [0.25, 0.3) is 11.3 Å². The van der Waals surface area contributed by atoms with Gasteiger partial charge in [-0.2, -0.15) is 5.10 Å². The molecule has 25 heavy (non-hydrogen) atoms. The van der Waals surface area contributed by atoms with Gasteiger partial charge in [-0.05, 0) is 24.3 Å². The van der Waals surface area contributed by atoms with Crippen LogP contribution in [0.5, 0.6) is 5.75 Å². The highest BCUT2D eigenvalue weighted by Crippen LogP contribution is 2.34. The number of carbonyl (C=O) groups excluding carboxylic acids is 1. The smallest absolute Gasteiger partial charge is 0.351 e. The first-order chi connectivity index (χ1) is 12.1. The van der Waals surface area contributed by atoms with Crippen LogP contribution in [0.4, 0.5) is 0 Å². The number of esters is 1. The second kappa shape index (κ2) is 7.40. The zero-order valence-corrected chi connectivity index (χ0v) is 14.6. The van der Waals surface area contributed by atoms with Crippen LogP contribution in [0.15, 0.2) is 60.8 Å². The molecule has 1 aromatic heterocycles. The number of aryl methyl sites for hydroxylation is 1. The summed E-state index contributed by atoms with van der Waals surface area (Å²) in [4.78, 5) is 12.2. The monoisotopic (exact) mass is 356 g/mol. The third kappa shape index (κ3) is 3.83. The Labute approximate surface area is 150 Å². The van der Waals surface area contributed by atoms with Gasteiger partial charge in [0.2, 0.25) is 6.10 Å². The highest BCUT2D eigenvalue weighted by molar-refractivity contribution is 6.30. The molecule has 1 unspecified atom stereocenters. The summed E-state index contributed by atoms with van der Waals surface area (Å²) in [6, 6.07) is 16.3. The van der Waals surface area contributed by atoms with Crippen LogP contribution in [0.3, 0.4) is 0 Å². The molecule has 3 aromatic rings. The first kappa shape index (κ1) is 17.0. The maximum absolute atomic E-state index is 12.2. The van der Waals surface area contributed by atoms with Crippen LogP contribution < -0.4 is 4.74 Å². The van der Waals surface area contributed by atoms with Crippen molar-refractivity contribution >= 4 is 17.6 Å².